The zero-order valence-corrected chi connectivity index (χ0v) is 12.4. The smallest absolute Gasteiger partial charge is 0.267 e. The van der Waals surface area contributed by atoms with Gasteiger partial charge in [-0.15, -0.1) is 11.3 Å². The number of carbonyl (C=O) groups excluding carboxylic acids is 1. The Morgan fingerprint density at radius 1 is 1.37 bits per heavy atom. The lowest BCUT2D eigenvalue weighted by molar-refractivity contribution is 0.103. The molecule has 0 aliphatic rings. The van der Waals surface area contributed by atoms with E-state index in [2.05, 4.69) is 10.6 Å². The second-order valence-electron chi connectivity index (χ2n) is 4.20. The highest BCUT2D eigenvalue weighted by molar-refractivity contribution is 7.13. The lowest BCUT2D eigenvalue weighted by atomic mass is 10.1. The van der Waals surface area contributed by atoms with Gasteiger partial charge in [0.05, 0.1) is 5.02 Å². The molecule has 2 aromatic rings. The average molecular weight is 295 g/mol. The fourth-order valence-electron chi connectivity index (χ4n) is 1.75. The Labute approximate surface area is 121 Å². The molecule has 0 spiro atoms. The molecule has 2 N–H and O–H groups in total. The number of rotatable bonds is 4. The van der Waals surface area contributed by atoms with Gasteiger partial charge in [0.2, 0.25) is 0 Å². The van der Waals surface area contributed by atoms with Gasteiger partial charge in [0.25, 0.3) is 5.91 Å². The first-order chi connectivity index (χ1) is 9.13. The van der Waals surface area contributed by atoms with Gasteiger partial charge in [-0.1, -0.05) is 29.8 Å². The van der Waals surface area contributed by atoms with E-state index in [4.69, 9.17) is 11.6 Å². The molecular formula is C14H15ClN2OS. The monoisotopic (exact) mass is 294 g/mol. The van der Waals surface area contributed by atoms with E-state index >= 15 is 0 Å². The summed E-state index contributed by atoms with van der Waals surface area (Å²) in [6.07, 6.45) is 0. The molecular weight excluding hydrogens is 280 g/mol. The normalized spacial score (nSPS) is 10.5. The molecule has 0 atom stereocenters. The highest BCUT2D eigenvalue weighted by atomic mass is 35.5. The van der Waals surface area contributed by atoms with Gasteiger partial charge in [0.1, 0.15) is 4.88 Å². The second-order valence-corrected chi connectivity index (χ2v) is 5.46. The molecule has 1 heterocycles. The van der Waals surface area contributed by atoms with Crippen LogP contribution in [0.5, 0.6) is 0 Å². The van der Waals surface area contributed by atoms with Gasteiger partial charge in [-0.3, -0.25) is 4.79 Å². The van der Waals surface area contributed by atoms with Gasteiger partial charge in [-0.2, -0.15) is 0 Å². The highest BCUT2D eigenvalue weighted by Crippen LogP contribution is 2.28. The van der Waals surface area contributed by atoms with Gasteiger partial charge in [0, 0.05) is 12.2 Å². The van der Waals surface area contributed by atoms with E-state index in [0.717, 1.165) is 16.8 Å². The van der Waals surface area contributed by atoms with Crippen molar-refractivity contribution in [2.24, 2.45) is 0 Å². The van der Waals surface area contributed by atoms with Crippen LogP contribution in [0.15, 0.2) is 29.6 Å². The Hall–Kier alpha value is -1.36. The number of para-hydroxylation sites is 1. The SMILES string of the molecule is CNCc1ccccc1NC(=O)c1scc(C)c1Cl. The minimum atomic E-state index is -0.161. The molecule has 3 nitrogen and oxygen atoms in total. The van der Waals surface area contributed by atoms with Crippen molar-refractivity contribution in [3.63, 3.8) is 0 Å². The fraction of sp³-hybridized carbons (Fsp3) is 0.214. The van der Waals surface area contributed by atoms with Gasteiger partial charge in [-0.25, -0.2) is 0 Å². The summed E-state index contributed by atoms with van der Waals surface area (Å²) in [5.41, 5.74) is 2.78. The number of amides is 1. The van der Waals surface area contributed by atoms with Gasteiger partial charge in [-0.05, 0) is 36.5 Å². The standard InChI is InChI=1S/C14H15ClN2OS/c1-9-8-19-13(12(9)15)14(18)17-11-6-4-3-5-10(11)7-16-2/h3-6,8,16H,7H2,1-2H3,(H,17,18). The second kappa shape index (κ2) is 6.19. The number of carbonyl (C=O) groups is 1. The van der Waals surface area contributed by atoms with Crippen LogP contribution in [0.4, 0.5) is 5.69 Å². The Bertz CT molecular complexity index is 595. The van der Waals surface area contributed by atoms with Crippen molar-refractivity contribution in [3.05, 3.63) is 50.7 Å². The minimum absolute atomic E-state index is 0.161. The number of anilines is 1. The molecule has 0 unspecified atom stereocenters. The third kappa shape index (κ3) is 3.15. The molecule has 2 rings (SSSR count). The maximum atomic E-state index is 12.2. The molecule has 1 aromatic carbocycles. The summed E-state index contributed by atoms with van der Waals surface area (Å²) < 4.78 is 0. The van der Waals surface area contributed by atoms with Crippen molar-refractivity contribution in [2.45, 2.75) is 13.5 Å². The first-order valence-corrected chi connectivity index (χ1v) is 7.16. The van der Waals surface area contributed by atoms with Crippen LogP contribution in [0.3, 0.4) is 0 Å². The molecule has 0 aliphatic heterocycles. The molecule has 19 heavy (non-hydrogen) atoms. The first kappa shape index (κ1) is 14.1. The Morgan fingerprint density at radius 2 is 2.11 bits per heavy atom. The van der Waals surface area contributed by atoms with Crippen molar-refractivity contribution in [2.75, 3.05) is 12.4 Å². The van der Waals surface area contributed by atoms with Crippen molar-refractivity contribution in [1.29, 1.82) is 0 Å². The Kier molecular flexibility index (Phi) is 4.58. The zero-order chi connectivity index (χ0) is 13.8. The molecule has 0 saturated carbocycles. The fourth-order valence-corrected chi connectivity index (χ4v) is 2.92. The third-order valence-electron chi connectivity index (χ3n) is 2.74. The summed E-state index contributed by atoms with van der Waals surface area (Å²) in [4.78, 5) is 12.8. The van der Waals surface area contributed by atoms with Crippen LogP contribution in [-0.4, -0.2) is 13.0 Å². The van der Waals surface area contributed by atoms with Crippen molar-refractivity contribution in [1.82, 2.24) is 5.32 Å². The number of thiophene rings is 1. The predicted octanol–water partition coefficient (Wildman–Crippen LogP) is 3.68. The number of benzene rings is 1. The van der Waals surface area contributed by atoms with Crippen molar-refractivity contribution >= 4 is 34.5 Å². The minimum Gasteiger partial charge on any atom is -0.321 e. The topological polar surface area (TPSA) is 41.1 Å². The quantitative estimate of drug-likeness (QED) is 0.903. The van der Waals surface area contributed by atoms with Gasteiger partial charge in [0.15, 0.2) is 0 Å². The number of nitrogens with one attached hydrogen (secondary N) is 2. The van der Waals surface area contributed by atoms with Crippen LogP contribution >= 0.6 is 22.9 Å². The van der Waals surface area contributed by atoms with Gasteiger partial charge < -0.3 is 10.6 Å². The number of hydrogen-bond acceptors (Lipinski definition) is 3. The average Bonchev–Trinajstić information content (AvgIpc) is 2.73. The Balaban J connectivity index is 2.22. The molecule has 0 bridgehead atoms. The van der Waals surface area contributed by atoms with E-state index < -0.39 is 0 Å². The Morgan fingerprint density at radius 3 is 2.74 bits per heavy atom. The maximum Gasteiger partial charge on any atom is 0.267 e. The summed E-state index contributed by atoms with van der Waals surface area (Å²) in [6, 6.07) is 7.72. The van der Waals surface area contributed by atoms with E-state index in [-0.39, 0.29) is 5.91 Å². The summed E-state index contributed by atoms with van der Waals surface area (Å²) in [5, 5.41) is 8.41. The van der Waals surface area contributed by atoms with E-state index in [1.165, 1.54) is 11.3 Å². The number of halogens is 1. The lowest BCUT2D eigenvalue weighted by Crippen LogP contribution is -2.14. The van der Waals surface area contributed by atoms with Crippen LogP contribution < -0.4 is 10.6 Å². The van der Waals surface area contributed by atoms with E-state index in [1.54, 1.807) is 0 Å². The van der Waals surface area contributed by atoms with E-state index in [1.807, 2.05) is 43.6 Å². The summed E-state index contributed by atoms with van der Waals surface area (Å²) in [7, 11) is 1.87. The summed E-state index contributed by atoms with van der Waals surface area (Å²) in [6.45, 7) is 2.60. The molecule has 0 fully saturated rings. The van der Waals surface area contributed by atoms with Crippen molar-refractivity contribution < 1.29 is 4.79 Å². The molecule has 100 valence electrons. The van der Waals surface area contributed by atoms with E-state index in [9.17, 15) is 4.79 Å². The van der Waals surface area contributed by atoms with E-state index in [0.29, 0.717) is 16.4 Å². The zero-order valence-electron chi connectivity index (χ0n) is 10.8. The summed E-state index contributed by atoms with van der Waals surface area (Å²) >= 11 is 7.47. The molecule has 5 heteroatoms. The molecule has 0 saturated heterocycles. The van der Waals surface area contributed by atoms with Crippen LogP contribution in [-0.2, 0) is 6.54 Å². The van der Waals surface area contributed by atoms with Crippen molar-refractivity contribution in [3.8, 4) is 0 Å². The largest absolute Gasteiger partial charge is 0.321 e. The molecule has 1 aromatic heterocycles. The highest BCUT2D eigenvalue weighted by Gasteiger charge is 2.15. The van der Waals surface area contributed by atoms with Crippen LogP contribution in [0.25, 0.3) is 0 Å². The molecule has 1 amide bonds. The lowest BCUT2D eigenvalue weighted by Gasteiger charge is -2.10. The van der Waals surface area contributed by atoms with Gasteiger partial charge >= 0.3 is 0 Å². The first-order valence-electron chi connectivity index (χ1n) is 5.91. The molecule has 0 aliphatic carbocycles. The predicted molar refractivity (Wildman–Crippen MR) is 81.2 cm³/mol. The van der Waals surface area contributed by atoms with Crippen LogP contribution in [0.1, 0.15) is 20.8 Å². The molecule has 0 radical (unpaired) electrons. The van der Waals surface area contributed by atoms with Crippen LogP contribution in [0.2, 0.25) is 5.02 Å². The van der Waals surface area contributed by atoms with Crippen LogP contribution in [0, 0.1) is 6.92 Å². The number of hydrogen-bond donors (Lipinski definition) is 2. The number of aryl methyl sites for hydroxylation is 1. The summed E-state index contributed by atoms with van der Waals surface area (Å²) in [5.74, 6) is -0.161. The third-order valence-corrected chi connectivity index (χ3v) is 4.43. The maximum absolute atomic E-state index is 12.2.